The number of carbonyl (C=O) groups is 1. The minimum Gasteiger partial charge on any atom is -0.457 e. The van der Waals surface area contributed by atoms with Crippen molar-refractivity contribution in [1.29, 1.82) is 0 Å². The summed E-state index contributed by atoms with van der Waals surface area (Å²) in [7, 11) is 0. The normalized spacial score (nSPS) is 34.1. The molecule has 6 atom stereocenters. The van der Waals surface area contributed by atoms with Crippen molar-refractivity contribution in [3.63, 3.8) is 0 Å². The molecule has 0 spiro atoms. The Labute approximate surface area is 249 Å². The van der Waals surface area contributed by atoms with Crippen LogP contribution >= 0.6 is 0 Å². The van der Waals surface area contributed by atoms with Gasteiger partial charge >= 0.3 is 6.16 Å². The summed E-state index contributed by atoms with van der Waals surface area (Å²) in [4.78, 5) is 12.3. The highest BCUT2D eigenvalue weighted by Crippen LogP contribution is 2.55. The lowest BCUT2D eigenvalue weighted by Crippen LogP contribution is -2.59. The van der Waals surface area contributed by atoms with Crippen LogP contribution in [0.5, 0.6) is 11.5 Å². The van der Waals surface area contributed by atoms with Crippen LogP contribution in [0.2, 0.25) is 0 Å². The third-order valence-electron chi connectivity index (χ3n) is 12.0. The first kappa shape index (κ1) is 26.8. The molecule has 0 radical (unpaired) electrons. The number of nitrogens with one attached hydrogen (secondary N) is 2. The van der Waals surface area contributed by atoms with Gasteiger partial charge in [-0.05, 0) is 123 Å². The van der Waals surface area contributed by atoms with Gasteiger partial charge in [0.1, 0.15) is 11.5 Å². The summed E-state index contributed by atoms with van der Waals surface area (Å²) in [5.41, 5.74) is 6.33. The molecule has 8 rings (SSSR count). The van der Waals surface area contributed by atoms with Crippen LogP contribution in [0.1, 0.15) is 86.5 Å². The number of benzene rings is 2. The quantitative estimate of drug-likeness (QED) is 0.329. The molecule has 2 N–H and O–H groups in total. The lowest BCUT2D eigenvalue weighted by atomic mass is 9.53. The summed E-state index contributed by atoms with van der Waals surface area (Å²) >= 11 is 0. The fraction of sp³-hybridized carbons (Fsp3) is 0.629. The SMILES string of the molecule is O=C(OCOc1ccc2c(c1)[C@@]13CCCC[C@H]1[C@@H](C2)NCC3)OCOc1ccc2c(c1)[C@@]13CCCC[C@H]1[C@@H](C2)NCC3. The van der Waals surface area contributed by atoms with Crippen LogP contribution in [0, 0.1) is 11.8 Å². The highest BCUT2D eigenvalue weighted by Gasteiger charge is 2.52. The molecule has 7 heteroatoms. The first-order chi connectivity index (χ1) is 20.6. The molecule has 2 heterocycles. The number of hydrogen-bond donors (Lipinski definition) is 2. The van der Waals surface area contributed by atoms with E-state index in [4.69, 9.17) is 18.9 Å². The van der Waals surface area contributed by atoms with Gasteiger partial charge in [0.15, 0.2) is 0 Å². The Hall–Kier alpha value is -2.77. The molecule has 0 aromatic heterocycles. The van der Waals surface area contributed by atoms with Gasteiger partial charge < -0.3 is 29.6 Å². The molecule has 0 unspecified atom stereocenters. The van der Waals surface area contributed by atoms with E-state index in [1.54, 1.807) is 0 Å². The third-order valence-corrected chi connectivity index (χ3v) is 12.0. The number of hydrogen-bond acceptors (Lipinski definition) is 7. The minimum absolute atomic E-state index is 0.184. The lowest BCUT2D eigenvalue weighted by molar-refractivity contribution is -0.0258. The standard InChI is InChI=1S/C35H44N2O5/c38-33(41-21-39-25-9-7-23-17-31-27-5-1-3-11-34(27,13-15-36-31)29(23)19-25)42-22-40-26-10-8-24-18-32-28-6-2-4-12-35(28,14-16-37-32)30(24)20-26/h7-10,19-20,27-28,31-32,36-37H,1-6,11-18,21-22H2/t27-,28-,31+,32+,34+,35+/m0/s1. The Bertz CT molecular complexity index is 1240. The van der Waals surface area contributed by atoms with Crippen molar-refractivity contribution in [2.45, 2.75) is 100.0 Å². The second kappa shape index (κ2) is 10.7. The Morgan fingerprint density at radius 3 is 1.69 bits per heavy atom. The number of rotatable bonds is 6. The minimum atomic E-state index is -0.787. The van der Waals surface area contributed by atoms with Gasteiger partial charge in [0, 0.05) is 22.9 Å². The maximum Gasteiger partial charge on any atom is 0.514 e. The molecular formula is C35H44N2O5. The highest BCUT2D eigenvalue weighted by atomic mass is 16.8. The van der Waals surface area contributed by atoms with Gasteiger partial charge in [0.05, 0.1) is 0 Å². The number of ether oxygens (including phenoxy) is 4. The Balaban J connectivity index is 0.861. The van der Waals surface area contributed by atoms with Gasteiger partial charge in [-0.15, -0.1) is 0 Å². The average molecular weight is 573 g/mol. The van der Waals surface area contributed by atoms with Crippen molar-refractivity contribution in [3.05, 3.63) is 58.7 Å². The molecule has 0 amide bonds. The predicted octanol–water partition coefficient (Wildman–Crippen LogP) is 5.90. The Morgan fingerprint density at radius 1 is 0.690 bits per heavy atom. The molecule has 7 nitrogen and oxygen atoms in total. The summed E-state index contributed by atoms with van der Waals surface area (Å²) in [6.07, 6.45) is 14.2. The summed E-state index contributed by atoms with van der Waals surface area (Å²) < 4.78 is 22.3. The van der Waals surface area contributed by atoms with Gasteiger partial charge in [-0.3, -0.25) is 0 Å². The predicted molar refractivity (Wildman–Crippen MR) is 159 cm³/mol. The van der Waals surface area contributed by atoms with Crippen molar-refractivity contribution in [3.8, 4) is 11.5 Å². The van der Waals surface area contributed by atoms with Crippen molar-refractivity contribution in [1.82, 2.24) is 10.6 Å². The molecule has 2 aliphatic heterocycles. The zero-order valence-corrected chi connectivity index (χ0v) is 24.6. The molecule has 4 aliphatic carbocycles. The van der Waals surface area contributed by atoms with Crippen LogP contribution in [0.25, 0.3) is 0 Å². The Morgan fingerprint density at radius 2 is 1.19 bits per heavy atom. The molecule has 4 fully saturated rings. The second-order valence-electron chi connectivity index (χ2n) is 13.7. The molecule has 42 heavy (non-hydrogen) atoms. The van der Waals surface area contributed by atoms with Gasteiger partial charge in [0.25, 0.3) is 0 Å². The van der Waals surface area contributed by atoms with Crippen LogP contribution in [-0.4, -0.2) is 44.9 Å². The van der Waals surface area contributed by atoms with E-state index in [2.05, 4.69) is 34.9 Å². The van der Waals surface area contributed by atoms with Crippen molar-refractivity contribution >= 4 is 6.16 Å². The third kappa shape index (κ3) is 4.41. The van der Waals surface area contributed by atoms with Gasteiger partial charge in [-0.1, -0.05) is 37.8 Å². The van der Waals surface area contributed by atoms with Crippen LogP contribution < -0.4 is 20.1 Å². The van der Waals surface area contributed by atoms with E-state index in [1.807, 2.05) is 12.1 Å². The molecule has 2 aromatic rings. The topological polar surface area (TPSA) is 78.1 Å². The van der Waals surface area contributed by atoms with E-state index in [9.17, 15) is 4.79 Å². The maximum absolute atomic E-state index is 12.3. The number of fused-ring (bicyclic) bond motifs is 2. The molecule has 2 saturated heterocycles. The van der Waals surface area contributed by atoms with Crippen LogP contribution in [0.3, 0.4) is 0 Å². The van der Waals surface area contributed by atoms with Crippen molar-refractivity contribution < 1.29 is 23.7 Å². The molecular weight excluding hydrogens is 528 g/mol. The maximum atomic E-state index is 12.3. The first-order valence-corrected chi connectivity index (χ1v) is 16.4. The monoisotopic (exact) mass is 572 g/mol. The van der Waals surface area contributed by atoms with Gasteiger partial charge in [-0.2, -0.15) is 0 Å². The zero-order valence-electron chi connectivity index (χ0n) is 24.6. The second-order valence-corrected chi connectivity index (χ2v) is 13.7. The van der Waals surface area contributed by atoms with Gasteiger partial charge in [-0.25, -0.2) is 4.79 Å². The van der Waals surface area contributed by atoms with E-state index >= 15 is 0 Å². The fourth-order valence-electron chi connectivity index (χ4n) is 10.3. The number of carbonyl (C=O) groups excluding carboxylic acids is 1. The van der Waals surface area contributed by atoms with Crippen LogP contribution in [0.15, 0.2) is 36.4 Å². The molecule has 224 valence electrons. The lowest BCUT2D eigenvalue weighted by Gasteiger charge is -2.56. The van der Waals surface area contributed by atoms with E-state index in [0.717, 1.165) is 37.4 Å². The van der Waals surface area contributed by atoms with Crippen molar-refractivity contribution in [2.75, 3.05) is 26.7 Å². The molecule has 2 saturated carbocycles. The van der Waals surface area contributed by atoms with E-state index in [0.29, 0.717) is 23.9 Å². The molecule has 2 aromatic carbocycles. The average Bonchev–Trinajstić information content (AvgIpc) is 3.01. The number of piperidine rings is 2. The van der Waals surface area contributed by atoms with E-state index in [-0.39, 0.29) is 24.4 Å². The fourth-order valence-corrected chi connectivity index (χ4v) is 10.3. The van der Waals surface area contributed by atoms with Crippen LogP contribution in [-0.2, 0) is 33.1 Å². The Kier molecular flexibility index (Phi) is 6.86. The summed E-state index contributed by atoms with van der Waals surface area (Å²) in [5, 5.41) is 7.58. The zero-order chi connectivity index (χ0) is 28.1. The van der Waals surface area contributed by atoms with E-state index < -0.39 is 6.16 Å². The van der Waals surface area contributed by atoms with E-state index in [1.165, 1.54) is 86.5 Å². The smallest absolute Gasteiger partial charge is 0.457 e. The van der Waals surface area contributed by atoms with Crippen molar-refractivity contribution in [2.24, 2.45) is 11.8 Å². The van der Waals surface area contributed by atoms with Gasteiger partial charge in [0.2, 0.25) is 13.6 Å². The molecule has 6 aliphatic rings. The summed E-state index contributed by atoms with van der Waals surface area (Å²) in [6, 6.07) is 14.0. The largest absolute Gasteiger partial charge is 0.514 e. The first-order valence-electron chi connectivity index (χ1n) is 16.4. The molecule has 4 bridgehead atoms. The summed E-state index contributed by atoms with van der Waals surface area (Å²) in [6.45, 7) is 1.81. The summed E-state index contributed by atoms with van der Waals surface area (Å²) in [5.74, 6) is 2.93. The van der Waals surface area contributed by atoms with Crippen LogP contribution in [0.4, 0.5) is 4.79 Å². The highest BCUT2D eigenvalue weighted by molar-refractivity contribution is 5.59.